The standard InChI is InChI=1S/C21H23BrN4O2/c1-26(2)13-12-23-19(27)15-4-9-18(24-14-15)25-20(28)21(10-3-11-21)16-5-7-17(22)8-6-16/h4-9,12,14H,3,10-11,13H2,1-2H3,(H,24,25,28)/b23-12-. The maximum absolute atomic E-state index is 13.0. The topological polar surface area (TPSA) is 74.7 Å². The van der Waals surface area contributed by atoms with Crippen LogP contribution in [-0.4, -0.2) is 48.6 Å². The molecule has 7 heteroatoms. The van der Waals surface area contributed by atoms with E-state index in [-0.39, 0.29) is 11.8 Å². The Labute approximate surface area is 173 Å². The number of nitrogens with one attached hydrogen (secondary N) is 1. The smallest absolute Gasteiger partial charge is 0.278 e. The molecule has 0 atom stereocenters. The highest BCUT2D eigenvalue weighted by molar-refractivity contribution is 9.10. The summed E-state index contributed by atoms with van der Waals surface area (Å²) in [4.78, 5) is 35.0. The summed E-state index contributed by atoms with van der Waals surface area (Å²) in [5.74, 6) is 0.0245. The van der Waals surface area contributed by atoms with Gasteiger partial charge in [-0.1, -0.05) is 34.5 Å². The SMILES string of the molecule is CN(C)C/C=N\C(=O)c1ccc(NC(=O)C2(c3ccc(Br)cc3)CCC2)nc1. The summed E-state index contributed by atoms with van der Waals surface area (Å²) in [6.45, 7) is 0.589. The molecule has 1 aliphatic rings. The summed E-state index contributed by atoms with van der Waals surface area (Å²) in [5.41, 5.74) is 0.897. The van der Waals surface area contributed by atoms with Crippen molar-refractivity contribution >= 4 is 39.8 Å². The molecule has 0 spiro atoms. The fourth-order valence-corrected chi connectivity index (χ4v) is 3.40. The summed E-state index contributed by atoms with van der Waals surface area (Å²) >= 11 is 3.43. The first-order valence-electron chi connectivity index (χ1n) is 9.16. The van der Waals surface area contributed by atoms with Crippen molar-refractivity contribution in [3.05, 3.63) is 58.2 Å². The largest absolute Gasteiger partial charge is 0.310 e. The number of carbonyl (C=O) groups excluding carboxylic acids is 2. The lowest BCUT2D eigenvalue weighted by molar-refractivity contribution is -0.124. The van der Waals surface area contributed by atoms with Crippen molar-refractivity contribution in [1.82, 2.24) is 9.88 Å². The van der Waals surface area contributed by atoms with E-state index in [9.17, 15) is 9.59 Å². The summed E-state index contributed by atoms with van der Waals surface area (Å²) < 4.78 is 0.987. The second kappa shape index (κ2) is 8.75. The lowest BCUT2D eigenvalue weighted by atomic mass is 9.64. The third-order valence-corrected chi connectivity index (χ3v) is 5.47. The Balaban J connectivity index is 1.68. The molecule has 1 saturated carbocycles. The van der Waals surface area contributed by atoms with E-state index in [2.05, 4.69) is 31.2 Å². The molecule has 1 fully saturated rings. The maximum atomic E-state index is 13.0. The highest BCUT2D eigenvalue weighted by Gasteiger charge is 2.45. The number of pyridine rings is 1. The Morgan fingerprint density at radius 3 is 2.46 bits per heavy atom. The number of anilines is 1. The third kappa shape index (κ3) is 4.54. The molecule has 2 amide bonds. The quantitative estimate of drug-likeness (QED) is 0.692. The van der Waals surface area contributed by atoms with E-state index >= 15 is 0 Å². The predicted molar refractivity (Wildman–Crippen MR) is 114 cm³/mol. The van der Waals surface area contributed by atoms with Crippen LogP contribution in [0, 0.1) is 0 Å². The molecule has 28 heavy (non-hydrogen) atoms. The van der Waals surface area contributed by atoms with Gasteiger partial charge in [0.2, 0.25) is 5.91 Å². The number of benzene rings is 1. The second-order valence-electron chi connectivity index (χ2n) is 7.21. The molecule has 1 N–H and O–H groups in total. The first-order chi connectivity index (χ1) is 13.4. The summed E-state index contributed by atoms with van der Waals surface area (Å²) in [6.07, 6.45) is 5.67. The number of aliphatic imine (C=N–C) groups is 1. The molecule has 0 bridgehead atoms. The molecule has 0 saturated heterocycles. The molecule has 0 unspecified atom stereocenters. The van der Waals surface area contributed by atoms with Gasteiger partial charge in [0.15, 0.2) is 0 Å². The average molecular weight is 443 g/mol. The van der Waals surface area contributed by atoms with Gasteiger partial charge in [0.1, 0.15) is 5.82 Å². The van der Waals surface area contributed by atoms with Crippen molar-refractivity contribution in [3.8, 4) is 0 Å². The van der Waals surface area contributed by atoms with Gasteiger partial charge < -0.3 is 10.2 Å². The van der Waals surface area contributed by atoms with Gasteiger partial charge in [-0.3, -0.25) is 9.59 Å². The lowest BCUT2D eigenvalue weighted by Gasteiger charge is -2.40. The third-order valence-electron chi connectivity index (χ3n) is 4.95. The molecule has 3 rings (SSSR count). The van der Waals surface area contributed by atoms with E-state index in [0.29, 0.717) is 17.9 Å². The van der Waals surface area contributed by atoms with Gasteiger partial charge in [0.25, 0.3) is 5.91 Å². The van der Waals surface area contributed by atoms with E-state index in [1.165, 1.54) is 6.20 Å². The van der Waals surface area contributed by atoms with E-state index in [1.54, 1.807) is 18.3 Å². The molecular weight excluding hydrogens is 420 g/mol. The zero-order valence-corrected chi connectivity index (χ0v) is 17.6. The van der Waals surface area contributed by atoms with Crippen LogP contribution in [0.1, 0.15) is 35.2 Å². The van der Waals surface area contributed by atoms with Crippen LogP contribution in [-0.2, 0) is 10.2 Å². The van der Waals surface area contributed by atoms with Gasteiger partial charge >= 0.3 is 0 Å². The summed E-state index contributed by atoms with van der Waals surface area (Å²) in [5, 5.41) is 2.90. The predicted octanol–water partition coefficient (Wildman–Crippen LogP) is 3.68. The van der Waals surface area contributed by atoms with E-state index in [1.807, 2.05) is 43.3 Å². The van der Waals surface area contributed by atoms with Crippen molar-refractivity contribution in [1.29, 1.82) is 0 Å². The van der Waals surface area contributed by atoms with E-state index in [4.69, 9.17) is 0 Å². The molecule has 1 aromatic carbocycles. The maximum Gasteiger partial charge on any atom is 0.278 e. The molecule has 1 heterocycles. The average Bonchev–Trinajstić information content (AvgIpc) is 2.62. The van der Waals surface area contributed by atoms with Crippen molar-refractivity contribution in [2.45, 2.75) is 24.7 Å². The minimum atomic E-state index is -0.507. The van der Waals surface area contributed by atoms with Gasteiger partial charge in [-0.15, -0.1) is 0 Å². The van der Waals surface area contributed by atoms with Crippen molar-refractivity contribution in [2.75, 3.05) is 26.0 Å². The van der Waals surface area contributed by atoms with Gasteiger partial charge in [-0.05, 0) is 56.8 Å². The van der Waals surface area contributed by atoms with Crippen LogP contribution in [0.3, 0.4) is 0 Å². The van der Waals surface area contributed by atoms with Gasteiger partial charge in [0.05, 0.1) is 11.0 Å². The molecule has 1 aliphatic carbocycles. The van der Waals surface area contributed by atoms with Crippen molar-refractivity contribution < 1.29 is 9.59 Å². The lowest BCUT2D eigenvalue weighted by Crippen LogP contribution is -2.46. The normalized spacial score (nSPS) is 15.4. The number of amides is 2. The Bertz CT molecular complexity index is 872. The van der Waals surface area contributed by atoms with Crippen LogP contribution in [0.5, 0.6) is 0 Å². The molecule has 146 valence electrons. The highest BCUT2D eigenvalue weighted by Crippen LogP contribution is 2.44. The van der Waals surface area contributed by atoms with Crippen molar-refractivity contribution in [2.24, 2.45) is 4.99 Å². The number of hydrogen-bond donors (Lipinski definition) is 1. The molecule has 0 aliphatic heterocycles. The second-order valence-corrected chi connectivity index (χ2v) is 8.12. The van der Waals surface area contributed by atoms with Crippen LogP contribution < -0.4 is 5.32 Å². The fraction of sp³-hybridized carbons (Fsp3) is 0.333. The van der Waals surface area contributed by atoms with E-state index < -0.39 is 5.41 Å². The van der Waals surface area contributed by atoms with Gasteiger partial charge in [-0.25, -0.2) is 9.98 Å². The fourth-order valence-electron chi connectivity index (χ4n) is 3.14. The summed E-state index contributed by atoms with van der Waals surface area (Å²) in [7, 11) is 3.80. The minimum absolute atomic E-state index is 0.0587. The first kappa shape index (κ1) is 20.4. The number of aromatic nitrogens is 1. The number of halogens is 1. The number of nitrogens with zero attached hydrogens (tertiary/aromatic N) is 3. The highest BCUT2D eigenvalue weighted by atomic mass is 79.9. The summed E-state index contributed by atoms with van der Waals surface area (Å²) in [6, 6.07) is 11.2. The Morgan fingerprint density at radius 2 is 1.93 bits per heavy atom. The van der Waals surface area contributed by atoms with Crippen LogP contribution in [0.2, 0.25) is 0 Å². The van der Waals surface area contributed by atoms with Crippen LogP contribution >= 0.6 is 15.9 Å². The van der Waals surface area contributed by atoms with Crippen molar-refractivity contribution in [3.63, 3.8) is 0 Å². The number of rotatable bonds is 6. The zero-order chi connectivity index (χ0) is 20.1. The number of hydrogen-bond acceptors (Lipinski definition) is 4. The Kier molecular flexibility index (Phi) is 6.36. The number of carbonyl (C=O) groups is 2. The van der Waals surface area contributed by atoms with Crippen LogP contribution in [0.25, 0.3) is 0 Å². The minimum Gasteiger partial charge on any atom is -0.310 e. The van der Waals surface area contributed by atoms with Crippen LogP contribution in [0.15, 0.2) is 52.1 Å². The van der Waals surface area contributed by atoms with Gasteiger partial charge in [-0.2, -0.15) is 0 Å². The van der Waals surface area contributed by atoms with Crippen LogP contribution in [0.4, 0.5) is 5.82 Å². The molecular formula is C21H23BrN4O2. The monoisotopic (exact) mass is 442 g/mol. The Hall–Kier alpha value is -2.38. The molecule has 0 radical (unpaired) electrons. The zero-order valence-electron chi connectivity index (χ0n) is 16.0. The van der Waals surface area contributed by atoms with E-state index in [0.717, 1.165) is 29.3 Å². The molecule has 6 nitrogen and oxygen atoms in total. The molecule has 1 aromatic heterocycles. The molecule has 2 aromatic rings. The first-order valence-corrected chi connectivity index (χ1v) is 9.95. The van der Waals surface area contributed by atoms with Gasteiger partial charge in [0, 0.05) is 23.4 Å². The Morgan fingerprint density at radius 1 is 1.21 bits per heavy atom.